The Morgan fingerprint density at radius 3 is 2.78 bits per heavy atom. The number of aromatic nitrogens is 2. The van der Waals surface area contributed by atoms with Gasteiger partial charge in [0.25, 0.3) is 0 Å². The van der Waals surface area contributed by atoms with Crippen molar-refractivity contribution in [3.05, 3.63) is 64.8 Å². The largest absolute Gasteiger partial charge is 0.479 e. The molecule has 166 valence electrons. The average Bonchev–Trinajstić information content (AvgIpc) is 3.16. The van der Waals surface area contributed by atoms with E-state index in [1.54, 1.807) is 18.2 Å². The molecule has 2 aromatic heterocycles. The third-order valence-electron chi connectivity index (χ3n) is 5.34. The predicted octanol–water partition coefficient (Wildman–Crippen LogP) is 2.93. The van der Waals surface area contributed by atoms with Crippen LogP contribution in [0.2, 0.25) is 0 Å². The maximum absolute atomic E-state index is 12.6. The van der Waals surface area contributed by atoms with Crippen LogP contribution in [0.4, 0.5) is 5.82 Å². The van der Waals surface area contributed by atoms with Crippen LogP contribution >= 0.6 is 11.3 Å². The van der Waals surface area contributed by atoms with E-state index in [1.165, 1.54) is 17.7 Å². The van der Waals surface area contributed by atoms with Gasteiger partial charge in [0.2, 0.25) is 5.91 Å². The minimum atomic E-state index is -0.978. The van der Waals surface area contributed by atoms with Crippen molar-refractivity contribution in [2.75, 3.05) is 32.5 Å². The number of thiophene rings is 1. The Labute approximate surface area is 190 Å². The highest BCUT2D eigenvalue weighted by Gasteiger charge is 2.27. The molecule has 1 unspecified atom stereocenters. The molecular formula is C23H25N5O3S. The van der Waals surface area contributed by atoms with Gasteiger partial charge in [-0.15, -0.1) is 11.3 Å². The van der Waals surface area contributed by atoms with Gasteiger partial charge in [0.05, 0.1) is 11.9 Å². The molecule has 0 bridgehead atoms. The van der Waals surface area contributed by atoms with E-state index in [-0.39, 0.29) is 5.91 Å². The van der Waals surface area contributed by atoms with Crippen LogP contribution in [0.15, 0.2) is 48.8 Å². The molecule has 0 fully saturated rings. The molecule has 3 heterocycles. The van der Waals surface area contributed by atoms with E-state index in [9.17, 15) is 14.7 Å². The zero-order chi connectivity index (χ0) is 22.7. The third-order valence-corrected chi connectivity index (χ3v) is 6.47. The van der Waals surface area contributed by atoms with E-state index in [4.69, 9.17) is 0 Å². The third kappa shape index (κ3) is 4.63. The zero-order valence-corrected chi connectivity index (χ0v) is 18.8. The summed E-state index contributed by atoms with van der Waals surface area (Å²) in [6, 6.07) is 8.11. The number of carbonyl (C=O) groups excluding carboxylic acids is 1. The van der Waals surface area contributed by atoms with Gasteiger partial charge in [-0.2, -0.15) is 0 Å². The minimum Gasteiger partial charge on any atom is -0.479 e. The monoisotopic (exact) mass is 451 g/mol. The summed E-state index contributed by atoms with van der Waals surface area (Å²) >= 11 is 1.53. The lowest BCUT2D eigenvalue weighted by Crippen LogP contribution is -2.34. The number of anilines is 1. The van der Waals surface area contributed by atoms with Gasteiger partial charge in [-0.05, 0) is 31.6 Å². The Morgan fingerprint density at radius 1 is 1.28 bits per heavy atom. The second kappa shape index (κ2) is 9.46. The van der Waals surface area contributed by atoms with Crippen molar-refractivity contribution in [1.82, 2.24) is 19.8 Å². The Balaban J connectivity index is 1.61. The number of nitrogens with one attached hydrogen (secondary N) is 1. The summed E-state index contributed by atoms with van der Waals surface area (Å²) in [6.07, 6.45) is 5.62. The highest BCUT2D eigenvalue weighted by molar-refractivity contribution is 7.19. The van der Waals surface area contributed by atoms with Crippen molar-refractivity contribution in [1.29, 1.82) is 0 Å². The number of benzene rings is 1. The fourth-order valence-corrected chi connectivity index (χ4v) is 4.97. The van der Waals surface area contributed by atoms with Crippen LogP contribution in [0.1, 0.15) is 22.0 Å². The van der Waals surface area contributed by atoms with Crippen LogP contribution in [0.25, 0.3) is 10.2 Å². The smallest absolute Gasteiger partial charge is 0.330 e. The van der Waals surface area contributed by atoms with Gasteiger partial charge in [-0.1, -0.05) is 36.4 Å². The number of hydrogen-bond donors (Lipinski definition) is 2. The average molecular weight is 452 g/mol. The van der Waals surface area contributed by atoms with Crippen LogP contribution in [-0.4, -0.2) is 63.9 Å². The van der Waals surface area contributed by atoms with Gasteiger partial charge >= 0.3 is 5.97 Å². The second-order valence-electron chi connectivity index (χ2n) is 7.91. The van der Waals surface area contributed by atoms with E-state index < -0.39 is 12.0 Å². The lowest BCUT2D eigenvalue weighted by molar-refractivity contribution is -0.138. The van der Waals surface area contributed by atoms with Crippen molar-refractivity contribution >= 4 is 39.2 Å². The maximum atomic E-state index is 12.6. The summed E-state index contributed by atoms with van der Waals surface area (Å²) in [5.41, 5.74) is 1.74. The molecule has 1 aliphatic heterocycles. The molecule has 3 aromatic rings. The fourth-order valence-electron chi connectivity index (χ4n) is 3.76. The highest BCUT2D eigenvalue weighted by Crippen LogP contribution is 2.38. The molecule has 0 saturated heterocycles. The Bertz CT molecular complexity index is 1160. The summed E-state index contributed by atoms with van der Waals surface area (Å²) in [4.78, 5) is 39.0. The standard InChI is InChI=1S/C23H25N5O3S/c1-27(2)11-6-9-18(29)28-12-10-16-17(13-28)32-22-19(16)21(24-14-25-22)26-20(23(30)31)15-7-4-3-5-8-15/h3-9,14,20H,10-13H2,1-2H3,(H,30,31)(H,24,25,26). The predicted molar refractivity (Wildman–Crippen MR) is 125 cm³/mol. The fraction of sp³-hybridized carbons (Fsp3) is 0.304. The molecule has 0 aliphatic carbocycles. The van der Waals surface area contributed by atoms with Gasteiger partial charge in [0.15, 0.2) is 6.04 Å². The van der Waals surface area contributed by atoms with Gasteiger partial charge in [0, 0.05) is 24.0 Å². The number of amides is 1. The van der Waals surface area contributed by atoms with Crippen molar-refractivity contribution in [2.45, 2.75) is 19.0 Å². The molecule has 0 saturated carbocycles. The van der Waals surface area contributed by atoms with Gasteiger partial charge in [-0.25, -0.2) is 14.8 Å². The molecule has 1 aromatic carbocycles. The maximum Gasteiger partial charge on any atom is 0.330 e. The Morgan fingerprint density at radius 2 is 2.06 bits per heavy atom. The van der Waals surface area contributed by atoms with Crippen LogP contribution in [0.3, 0.4) is 0 Å². The molecule has 2 N–H and O–H groups in total. The molecular weight excluding hydrogens is 426 g/mol. The molecule has 1 amide bonds. The Hall–Kier alpha value is -3.30. The number of carboxylic acids is 1. The van der Waals surface area contributed by atoms with Crippen LogP contribution in [-0.2, 0) is 22.6 Å². The number of nitrogens with zero attached hydrogens (tertiary/aromatic N) is 4. The number of carboxylic acid groups (broad SMARTS) is 1. The topological polar surface area (TPSA) is 98.7 Å². The van der Waals surface area contributed by atoms with Crippen molar-refractivity contribution in [3.63, 3.8) is 0 Å². The number of rotatable bonds is 7. The number of likely N-dealkylation sites (N-methyl/N-ethyl adjacent to an activating group) is 1. The normalized spacial score (nSPS) is 14.7. The van der Waals surface area contributed by atoms with E-state index in [0.29, 0.717) is 37.4 Å². The molecule has 9 heteroatoms. The number of hydrogen-bond acceptors (Lipinski definition) is 7. The van der Waals surface area contributed by atoms with Crippen molar-refractivity contribution in [3.8, 4) is 0 Å². The number of fused-ring (bicyclic) bond motifs is 3. The summed E-state index contributed by atoms with van der Waals surface area (Å²) < 4.78 is 0. The summed E-state index contributed by atoms with van der Waals surface area (Å²) in [6.45, 7) is 1.83. The highest BCUT2D eigenvalue weighted by atomic mass is 32.1. The van der Waals surface area contributed by atoms with Crippen LogP contribution < -0.4 is 5.32 Å². The lowest BCUT2D eigenvalue weighted by atomic mass is 10.0. The number of carbonyl (C=O) groups is 2. The quantitative estimate of drug-likeness (QED) is 0.533. The van der Waals surface area contributed by atoms with Gasteiger partial charge in [-0.3, -0.25) is 4.79 Å². The Kier molecular flexibility index (Phi) is 6.48. The first-order valence-electron chi connectivity index (χ1n) is 10.3. The first-order valence-corrected chi connectivity index (χ1v) is 11.2. The van der Waals surface area contributed by atoms with E-state index in [1.807, 2.05) is 48.2 Å². The molecule has 4 rings (SSSR count). The second-order valence-corrected chi connectivity index (χ2v) is 8.99. The van der Waals surface area contributed by atoms with E-state index in [2.05, 4.69) is 15.3 Å². The summed E-state index contributed by atoms with van der Waals surface area (Å²) in [5, 5.41) is 13.8. The van der Waals surface area contributed by atoms with Gasteiger partial charge in [0.1, 0.15) is 17.0 Å². The molecule has 32 heavy (non-hydrogen) atoms. The van der Waals surface area contributed by atoms with Crippen LogP contribution in [0.5, 0.6) is 0 Å². The first-order chi connectivity index (χ1) is 15.4. The van der Waals surface area contributed by atoms with Crippen molar-refractivity contribution in [2.24, 2.45) is 0 Å². The lowest BCUT2D eigenvalue weighted by Gasteiger charge is -2.26. The first kappa shape index (κ1) is 21.9. The van der Waals surface area contributed by atoms with Crippen LogP contribution in [0, 0.1) is 0 Å². The SMILES string of the molecule is CN(C)CC=CC(=O)N1CCc2c(sc3ncnc(NC(C(=O)O)c4ccccc4)c23)C1. The molecule has 1 aliphatic rings. The zero-order valence-electron chi connectivity index (χ0n) is 18.0. The molecule has 0 spiro atoms. The minimum absolute atomic E-state index is 0.00518. The summed E-state index contributed by atoms with van der Waals surface area (Å²) in [7, 11) is 3.91. The van der Waals surface area contributed by atoms with Gasteiger partial charge < -0.3 is 20.2 Å². The van der Waals surface area contributed by atoms with E-state index >= 15 is 0 Å². The summed E-state index contributed by atoms with van der Waals surface area (Å²) in [5.74, 6) is -0.475. The molecule has 0 radical (unpaired) electrons. The molecule has 8 nitrogen and oxygen atoms in total. The molecule has 1 atom stereocenters. The number of aliphatic carboxylic acids is 1. The van der Waals surface area contributed by atoms with Crippen molar-refractivity contribution < 1.29 is 14.7 Å². The van der Waals surface area contributed by atoms with E-state index in [0.717, 1.165) is 20.7 Å².